The molecule has 3 nitrogen and oxygen atoms in total. The van der Waals surface area contributed by atoms with Crippen LogP contribution in [0.4, 0.5) is 4.39 Å². The number of benzene rings is 1. The molecule has 0 spiro atoms. The van der Waals surface area contributed by atoms with E-state index in [1.807, 2.05) is 0 Å². The van der Waals surface area contributed by atoms with Gasteiger partial charge in [0.25, 0.3) is 0 Å². The first-order valence-corrected chi connectivity index (χ1v) is 5.89. The molecule has 1 aliphatic heterocycles. The van der Waals surface area contributed by atoms with Crippen molar-refractivity contribution in [1.29, 1.82) is 0 Å². The molecule has 0 bridgehead atoms. The van der Waals surface area contributed by atoms with Gasteiger partial charge in [0.1, 0.15) is 5.82 Å². The Bertz CT molecular complexity index is 375. The van der Waals surface area contributed by atoms with E-state index in [1.165, 1.54) is 12.1 Å². The zero-order chi connectivity index (χ0) is 11.5. The van der Waals surface area contributed by atoms with Crippen molar-refractivity contribution in [1.82, 2.24) is 5.32 Å². The molecule has 1 saturated heterocycles. The fourth-order valence-corrected chi connectivity index (χ4v) is 2.14. The Morgan fingerprint density at radius 2 is 2.31 bits per heavy atom. The summed E-state index contributed by atoms with van der Waals surface area (Å²) in [6.07, 6.45) is -0.459. The Hall–Kier alpha value is -0.490. The molecule has 5 heteroatoms. The van der Waals surface area contributed by atoms with Crippen LogP contribution in [0.5, 0.6) is 0 Å². The fraction of sp³-hybridized carbons (Fsp3) is 0.455. The lowest BCUT2D eigenvalue weighted by Gasteiger charge is -2.15. The van der Waals surface area contributed by atoms with Gasteiger partial charge in [0.15, 0.2) is 0 Å². The molecule has 0 amide bonds. The van der Waals surface area contributed by atoms with Crippen LogP contribution in [-0.2, 0) is 11.3 Å². The summed E-state index contributed by atoms with van der Waals surface area (Å²) in [5, 5.41) is 12.7. The molecule has 2 unspecified atom stereocenters. The van der Waals surface area contributed by atoms with E-state index in [1.54, 1.807) is 6.07 Å². The van der Waals surface area contributed by atoms with Gasteiger partial charge in [-0.2, -0.15) is 0 Å². The van der Waals surface area contributed by atoms with Crippen molar-refractivity contribution < 1.29 is 14.2 Å². The molecule has 1 heterocycles. The Morgan fingerprint density at radius 1 is 1.50 bits per heavy atom. The van der Waals surface area contributed by atoms with Gasteiger partial charge in [-0.25, -0.2) is 4.39 Å². The molecule has 88 valence electrons. The summed E-state index contributed by atoms with van der Waals surface area (Å²) in [4.78, 5) is 0. The number of hydrogen-bond donors (Lipinski definition) is 2. The molecule has 2 N–H and O–H groups in total. The molecule has 1 fully saturated rings. The number of rotatable bonds is 3. The van der Waals surface area contributed by atoms with Crippen molar-refractivity contribution in [3.63, 3.8) is 0 Å². The van der Waals surface area contributed by atoms with E-state index in [-0.39, 0.29) is 11.9 Å². The van der Waals surface area contributed by atoms with E-state index in [4.69, 9.17) is 4.74 Å². The molecule has 0 aliphatic carbocycles. The maximum absolute atomic E-state index is 12.8. The molecule has 1 aromatic rings. The number of aliphatic hydroxyl groups is 1. The lowest BCUT2D eigenvalue weighted by molar-refractivity contribution is 0.122. The SMILES string of the molecule is OC1COCC1NCc1ccc(F)cc1Br. The maximum atomic E-state index is 12.8. The first-order valence-electron chi connectivity index (χ1n) is 5.10. The highest BCUT2D eigenvalue weighted by Gasteiger charge is 2.25. The molecule has 1 aromatic carbocycles. The smallest absolute Gasteiger partial charge is 0.124 e. The average Bonchev–Trinajstić information content (AvgIpc) is 2.63. The summed E-state index contributed by atoms with van der Waals surface area (Å²) in [6.45, 7) is 1.47. The van der Waals surface area contributed by atoms with Gasteiger partial charge in [0.05, 0.1) is 25.4 Å². The van der Waals surface area contributed by atoms with Crippen LogP contribution in [0.15, 0.2) is 22.7 Å². The Balaban J connectivity index is 1.94. The predicted octanol–water partition coefficient (Wildman–Crippen LogP) is 1.44. The van der Waals surface area contributed by atoms with Crippen molar-refractivity contribution in [3.05, 3.63) is 34.1 Å². The topological polar surface area (TPSA) is 41.5 Å². The summed E-state index contributed by atoms with van der Waals surface area (Å²) in [5.74, 6) is -0.264. The molecular weight excluding hydrogens is 277 g/mol. The molecule has 1 aliphatic rings. The Labute approximate surface area is 102 Å². The maximum Gasteiger partial charge on any atom is 0.124 e. The van der Waals surface area contributed by atoms with Gasteiger partial charge in [-0.1, -0.05) is 22.0 Å². The number of nitrogens with one attached hydrogen (secondary N) is 1. The molecule has 16 heavy (non-hydrogen) atoms. The minimum atomic E-state index is -0.459. The van der Waals surface area contributed by atoms with Gasteiger partial charge in [-0.3, -0.25) is 0 Å². The van der Waals surface area contributed by atoms with Crippen LogP contribution in [0.2, 0.25) is 0 Å². The van der Waals surface area contributed by atoms with E-state index >= 15 is 0 Å². The third kappa shape index (κ3) is 2.79. The lowest BCUT2D eigenvalue weighted by atomic mass is 10.2. The van der Waals surface area contributed by atoms with Gasteiger partial charge in [0, 0.05) is 11.0 Å². The largest absolute Gasteiger partial charge is 0.389 e. The first-order chi connectivity index (χ1) is 7.66. The third-order valence-corrected chi connectivity index (χ3v) is 3.36. The van der Waals surface area contributed by atoms with E-state index in [0.717, 1.165) is 10.0 Å². The highest BCUT2D eigenvalue weighted by molar-refractivity contribution is 9.10. The number of aliphatic hydroxyl groups excluding tert-OH is 1. The van der Waals surface area contributed by atoms with Crippen LogP contribution in [0.1, 0.15) is 5.56 Å². The van der Waals surface area contributed by atoms with Crippen molar-refractivity contribution >= 4 is 15.9 Å². The van der Waals surface area contributed by atoms with Crippen LogP contribution >= 0.6 is 15.9 Å². The van der Waals surface area contributed by atoms with E-state index in [0.29, 0.717) is 19.8 Å². The second-order valence-corrected chi connectivity index (χ2v) is 4.68. The molecular formula is C11H13BrFNO2. The minimum absolute atomic E-state index is 0.0445. The van der Waals surface area contributed by atoms with Crippen LogP contribution in [-0.4, -0.2) is 30.5 Å². The van der Waals surface area contributed by atoms with Gasteiger partial charge < -0.3 is 15.2 Å². The highest BCUT2D eigenvalue weighted by Crippen LogP contribution is 2.18. The molecule has 2 atom stereocenters. The zero-order valence-electron chi connectivity index (χ0n) is 8.62. The van der Waals surface area contributed by atoms with Gasteiger partial charge >= 0.3 is 0 Å². The number of halogens is 2. The quantitative estimate of drug-likeness (QED) is 0.885. The second kappa shape index (κ2) is 5.23. The predicted molar refractivity (Wildman–Crippen MR) is 61.6 cm³/mol. The molecule has 2 rings (SSSR count). The summed E-state index contributed by atoms with van der Waals surface area (Å²) in [5.41, 5.74) is 0.959. The molecule has 0 saturated carbocycles. The number of ether oxygens (including phenoxy) is 1. The molecule has 0 aromatic heterocycles. The van der Waals surface area contributed by atoms with Gasteiger partial charge in [-0.05, 0) is 17.7 Å². The van der Waals surface area contributed by atoms with Crippen LogP contribution in [0.25, 0.3) is 0 Å². The summed E-state index contributed by atoms with van der Waals surface area (Å²) < 4.78 is 18.7. The number of hydrogen-bond acceptors (Lipinski definition) is 3. The van der Waals surface area contributed by atoms with Crippen LogP contribution < -0.4 is 5.32 Å². The van der Waals surface area contributed by atoms with Crippen molar-refractivity contribution in [2.75, 3.05) is 13.2 Å². The van der Waals surface area contributed by atoms with Crippen molar-refractivity contribution in [3.8, 4) is 0 Å². The zero-order valence-corrected chi connectivity index (χ0v) is 10.2. The Morgan fingerprint density at radius 3 is 2.94 bits per heavy atom. The van der Waals surface area contributed by atoms with Crippen molar-refractivity contribution in [2.24, 2.45) is 0 Å². The molecule has 0 radical (unpaired) electrons. The normalized spacial score (nSPS) is 24.9. The average molecular weight is 290 g/mol. The Kier molecular flexibility index (Phi) is 3.91. The summed E-state index contributed by atoms with van der Waals surface area (Å²) in [7, 11) is 0. The van der Waals surface area contributed by atoms with Crippen molar-refractivity contribution in [2.45, 2.75) is 18.7 Å². The second-order valence-electron chi connectivity index (χ2n) is 3.83. The third-order valence-electron chi connectivity index (χ3n) is 2.62. The highest BCUT2D eigenvalue weighted by atomic mass is 79.9. The van der Waals surface area contributed by atoms with E-state index in [2.05, 4.69) is 21.2 Å². The van der Waals surface area contributed by atoms with Crippen LogP contribution in [0.3, 0.4) is 0 Å². The van der Waals surface area contributed by atoms with E-state index < -0.39 is 6.10 Å². The summed E-state index contributed by atoms with van der Waals surface area (Å²) in [6, 6.07) is 4.52. The first kappa shape index (κ1) is 12.0. The fourth-order valence-electron chi connectivity index (χ4n) is 1.64. The van der Waals surface area contributed by atoms with Gasteiger partial charge in [0.2, 0.25) is 0 Å². The van der Waals surface area contributed by atoms with Gasteiger partial charge in [-0.15, -0.1) is 0 Å². The minimum Gasteiger partial charge on any atom is -0.389 e. The summed E-state index contributed by atoms with van der Waals surface area (Å²) >= 11 is 3.30. The van der Waals surface area contributed by atoms with Crippen LogP contribution in [0, 0.1) is 5.82 Å². The lowest BCUT2D eigenvalue weighted by Crippen LogP contribution is -2.38. The monoisotopic (exact) mass is 289 g/mol. The van der Waals surface area contributed by atoms with E-state index in [9.17, 15) is 9.50 Å². The standard InChI is InChI=1S/C11H13BrFNO2/c12-9-3-8(13)2-1-7(9)4-14-10-5-16-6-11(10)15/h1-3,10-11,14-15H,4-6H2.